The highest BCUT2D eigenvalue weighted by atomic mass is 32.1. The average molecular weight is 782 g/mol. The molecule has 60 heavy (non-hydrogen) atoms. The van der Waals surface area contributed by atoms with Crippen molar-refractivity contribution < 1.29 is 0 Å². The number of thiophene rings is 1. The normalized spacial score (nSPS) is 14.4. The second-order valence-electron chi connectivity index (χ2n) is 17.2. The summed E-state index contributed by atoms with van der Waals surface area (Å²) in [5, 5.41) is 3.88. The van der Waals surface area contributed by atoms with Gasteiger partial charge in [0.1, 0.15) is 0 Å². The van der Waals surface area contributed by atoms with Gasteiger partial charge in [-0.3, -0.25) is 0 Å². The first-order valence-corrected chi connectivity index (χ1v) is 21.8. The van der Waals surface area contributed by atoms with Crippen LogP contribution in [-0.2, 0) is 10.8 Å². The molecular weight excluding hydrogens is 743 g/mol. The number of rotatable bonds is 4. The molecule has 3 aliphatic rings. The number of para-hydroxylation sites is 1. The van der Waals surface area contributed by atoms with Crippen molar-refractivity contribution in [1.29, 1.82) is 0 Å². The highest BCUT2D eigenvalue weighted by molar-refractivity contribution is 7.20. The predicted octanol–water partition coefficient (Wildman–Crippen LogP) is 15.8. The second-order valence-corrected chi connectivity index (χ2v) is 18.3. The summed E-state index contributed by atoms with van der Waals surface area (Å²) >= 11 is 1.97. The van der Waals surface area contributed by atoms with Crippen LogP contribution in [0.3, 0.4) is 0 Å². The van der Waals surface area contributed by atoms with Gasteiger partial charge in [0.05, 0.1) is 5.41 Å². The first kappa shape index (κ1) is 33.9. The summed E-state index contributed by atoms with van der Waals surface area (Å²) in [5.74, 6) is 0. The van der Waals surface area contributed by atoms with E-state index in [-0.39, 0.29) is 5.41 Å². The molecule has 2 heteroatoms. The fourth-order valence-corrected chi connectivity index (χ4v) is 12.6. The minimum absolute atomic E-state index is 0.190. The fourth-order valence-electron chi connectivity index (χ4n) is 11.1. The quantitative estimate of drug-likeness (QED) is 0.172. The number of hydrogen-bond donors (Lipinski definition) is 0. The van der Waals surface area contributed by atoms with Crippen LogP contribution >= 0.6 is 11.3 Å². The molecule has 1 aromatic heterocycles. The topological polar surface area (TPSA) is 3.24 Å². The predicted molar refractivity (Wildman–Crippen MR) is 253 cm³/mol. The van der Waals surface area contributed by atoms with E-state index in [1.807, 2.05) is 11.3 Å². The van der Waals surface area contributed by atoms with Crippen LogP contribution in [0.15, 0.2) is 200 Å². The summed E-state index contributed by atoms with van der Waals surface area (Å²) in [6, 6.07) is 75.2. The second kappa shape index (κ2) is 12.3. The summed E-state index contributed by atoms with van der Waals surface area (Å²) in [6.07, 6.45) is 0. The van der Waals surface area contributed by atoms with Crippen molar-refractivity contribution in [1.82, 2.24) is 0 Å². The summed E-state index contributed by atoms with van der Waals surface area (Å²) in [4.78, 5) is 3.91. The molecule has 0 amide bonds. The molecule has 0 aliphatic heterocycles. The minimum Gasteiger partial charge on any atom is -0.310 e. The van der Waals surface area contributed by atoms with Gasteiger partial charge in [0.25, 0.3) is 0 Å². The van der Waals surface area contributed by atoms with Crippen molar-refractivity contribution >= 4 is 49.3 Å². The van der Waals surface area contributed by atoms with Crippen molar-refractivity contribution in [3.63, 3.8) is 0 Å². The number of nitrogens with zero attached hydrogens (tertiary/aromatic N) is 1. The van der Waals surface area contributed by atoms with Crippen LogP contribution in [0.25, 0.3) is 65.4 Å². The Morgan fingerprint density at radius 3 is 1.70 bits per heavy atom. The van der Waals surface area contributed by atoms with E-state index in [9.17, 15) is 0 Å². The zero-order valence-electron chi connectivity index (χ0n) is 33.4. The molecule has 1 spiro atoms. The van der Waals surface area contributed by atoms with Gasteiger partial charge < -0.3 is 4.90 Å². The fraction of sp³-hybridized carbons (Fsp3) is 0.0690. The Morgan fingerprint density at radius 2 is 0.933 bits per heavy atom. The molecule has 0 bridgehead atoms. The molecule has 0 fully saturated rings. The van der Waals surface area contributed by atoms with Crippen molar-refractivity contribution in [2.45, 2.75) is 24.7 Å². The molecule has 1 nitrogen and oxygen atoms in total. The van der Waals surface area contributed by atoms with E-state index >= 15 is 0 Å². The molecule has 3 aliphatic carbocycles. The van der Waals surface area contributed by atoms with Gasteiger partial charge in [-0.05, 0) is 132 Å². The maximum Gasteiger partial charge on any atom is 0.0820 e. The highest BCUT2D eigenvalue weighted by Crippen LogP contribution is 2.66. The molecule has 10 aromatic rings. The van der Waals surface area contributed by atoms with E-state index in [4.69, 9.17) is 0 Å². The van der Waals surface area contributed by atoms with Gasteiger partial charge in [-0.25, -0.2) is 0 Å². The largest absolute Gasteiger partial charge is 0.310 e. The summed E-state index contributed by atoms with van der Waals surface area (Å²) in [7, 11) is 0. The number of anilines is 3. The maximum atomic E-state index is 2.52. The molecule has 0 saturated carbocycles. The van der Waals surface area contributed by atoms with Crippen LogP contribution < -0.4 is 4.90 Å². The lowest BCUT2D eigenvalue weighted by Crippen LogP contribution is -2.25. The number of hydrogen-bond acceptors (Lipinski definition) is 2. The van der Waals surface area contributed by atoms with Gasteiger partial charge in [0, 0.05) is 43.0 Å². The lowest BCUT2D eigenvalue weighted by Gasteiger charge is -2.32. The van der Waals surface area contributed by atoms with Gasteiger partial charge >= 0.3 is 0 Å². The lowest BCUT2D eigenvalue weighted by molar-refractivity contribution is 0.660. The maximum absolute atomic E-state index is 2.52. The van der Waals surface area contributed by atoms with E-state index in [0.717, 1.165) is 17.1 Å². The Balaban J connectivity index is 0.993. The Labute approximate surface area is 354 Å². The standard InChI is InChI=1S/C58H39NS/c1-57(2)51-33-39(38-25-24-36-14-6-7-15-37(36)32-38)26-29-45(51)46-30-27-41(34-52(46)57)59(40-16-4-3-5-17-40)42-28-31-47-53(35-42)58(56-55(47)48-20-10-13-23-54(48)60-56)49-21-11-8-18-43(49)44-19-9-12-22-50(44)58/h3-35H,1-2H3. The molecule has 0 radical (unpaired) electrons. The number of fused-ring (bicyclic) bond motifs is 16. The van der Waals surface area contributed by atoms with Crippen molar-refractivity contribution in [2.24, 2.45) is 0 Å². The monoisotopic (exact) mass is 781 g/mol. The van der Waals surface area contributed by atoms with Crippen LogP contribution in [0.2, 0.25) is 0 Å². The van der Waals surface area contributed by atoms with Crippen LogP contribution in [-0.4, -0.2) is 0 Å². The smallest absolute Gasteiger partial charge is 0.0820 e. The van der Waals surface area contributed by atoms with Crippen LogP contribution in [0, 0.1) is 0 Å². The van der Waals surface area contributed by atoms with Crippen LogP contribution in [0.1, 0.15) is 46.5 Å². The van der Waals surface area contributed by atoms with Gasteiger partial charge in [-0.1, -0.05) is 159 Å². The van der Waals surface area contributed by atoms with E-state index < -0.39 is 5.41 Å². The van der Waals surface area contributed by atoms with Gasteiger partial charge in [-0.2, -0.15) is 0 Å². The zero-order valence-corrected chi connectivity index (χ0v) is 34.2. The summed E-state index contributed by atoms with van der Waals surface area (Å²) in [6.45, 7) is 4.80. The third-order valence-corrected chi connectivity index (χ3v) is 15.1. The van der Waals surface area contributed by atoms with E-state index in [1.54, 1.807) is 0 Å². The van der Waals surface area contributed by atoms with Crippen molar-refractivity contribution in [3.05, 3.63) is 233 Å². The van der Waals surface area contributed by atoms with E-state index in [1.165, 1.54) is 98.1 Å². The molecule has 0 atom stereocenters. The average Bonchev–Trinajstić information content (AvgIpc) is 3.98. The molecule has 282 valence electrons. The van der Waals surface area contributed by atoms with Crippen molar-refractivity contribution in [2.75, 3.05) is 4.90 Å². The minimum atomic E-state index is -0.412. The van der Waals surface area contributed by atoms with Gasteiger partial charge in [0.15, 0.2) is 0 Å². The Kier molecular flexibility index (Phi) is 6.94. The molecule has 0 saturated heterocycles. The molecule has 13 rings (SSSR count). The molecule has 0 unspecified atom stereocenters. The van der Waals surface area contributed by atoms with Crippen LogP contribution in [0.4, 0.5) is 17.1 Å². The van der Waals surface area contributed by atoms with Gasteiger partial charge in [-0.15, -0.1) is 11.3 Å². The first-order chi connectivity index (χ1) is 29.5. The Morgan fingerprint density at radius 1 is 0.383 bits per heavy atom. The molecular formula is C58H39NS. The molecule has 9 aromatic carbocycles. The summed E-state index contributed by atoms with van der Waals surface area (Å²) < 4.78 is 1.34. The third kappa shape index (κ3) is 4.46. The molecule has 0 N–H and O–H groups in total. The highest BCUT2D eigenvalue weighted by Gasteiger charge is 2.53. The van der Waals surface area contributed by atoms with E-state index in [0.29, 0.717) is 0 Å². The van der Waals surface area contributed by atoms with E-state index in [2.05, 4.69) is 219 Å². The summed E-state index contributed by atoms with van der Waals surface area (Å²) in [5.41, 5.74) is 20.3. The Hall–Kier alpha value is -7.00. The SMILES string of the molecule is CC1(C)c2cc(-c3ccc4ccccc4c3)ccc2-c2ccc(N(c3ccccc3)c3ccc4c(c3)C3(c5ccccc5-c5ccccc53)c3sc5ccccc5c3-4)cc21. The van der Waals surface area contributed by atoms with Crippen molar-refractivity contribution in [3.8, 4) is 44.5 Å². The third-order valence-electron chi connectivity index (χ3n) is 13.8. The lowest BCUT2D eigenvalue weighted by atomic mass is 9.73. The zero-order chi connectivity index (χ0) is 39.7. The molecule has 1 heterocycles. The Bertz CT molecular complexity index is 3380. The van der Waals surface area contributed by atoms with Gasteiger partial charge in [0.2, 0.25) is 0 Å². The van der Waals surface area contributed by atoms with Crippen LogP contribution in [0.5, 0.6) is 0 Å². The number of benzene rings is 9. The first-order valence-electron chi connectivity index (χ1n) is 21.0.